The van der Waals surface area contributed by atoms with Crippen LogP contribution in [0.25, 0.3) is 6.08 Å². The van der Waals surface area contributed by atoms with Gasteiger partial charge in [-0.1, -0.05) is 24.3 Å². The zero-order chi connectivity index (χ0) is 12.4. The standard InChI is InChI=1S/C10H12O2.C2H4O2/c1-12-10-6-4-9(5-7-10)3-2-8-11;1-2(3)4/h2-7,11H,8H2,1H3;1H3,(H,3,4). The SMILES string of the molecule is CC(=O)O.COc1ccc(C=CCO)cc1. The van der Waals surface area contributed by atoms with Crippen LogP contribution in [-0.2, 0) is 4.79 Å². The summed E-state index contributed by atoms with van der Waals surface area (Å²) in [6.07, 6.45) is 3.56. The van der Waals surface area contributed by atoms with Crippen molar-refractivity contribution in [2.24, 2.45) is 0 Å². The molecule has 0 unspecified atom stereocenters. The first-order chi connectivity index (χ1) is 7.60. The molecule has 16 heavy (non-hydrogen) atoms. The summed E-state index contributed by atoms with van der Waals surface area (Å²) in [5, 5.41) is 15.9. The molecule has 0 spiro atoms. The lowest BCUT2D eigenvalue weighted by atomic mass is 10.2. The summed E-state index contributed by atoms with van der Waals surface area (Å²) in [6.45, 7) is 1.16. The first kappa shape index (κ1) is 14.2. The number of carboxylic acid groups (broad SMARTS) is 1. The van der Waals surface area contributed by atoms with Gasteiger partial charge >= 0.3 is 0 Å². The van der Waals surface area contributed by atoms with Gasteiger partial charge in [-0.15, -0.1) is 0 Å². The molecule has 0 atom stereocenters. The van der Waals surface area contributed by atoms with E-state index in [2.05, 4.69) is 0 Å². The van der Waals surface area contributed by atoms with Crippen LogP contribution in [0, 0.1) is 0 Å². The van der Waals surface area contributed by atoms with E-state index >= 15 is 0 Å². The molecule has 1 rings (SSSR count). The number of aliphatic hydroxyl groups excluding tert-OH is 1. The van der Waals surface area contributed by atoms with Crippen molar-refractivity contribution >= 4 is 12.0 Å². The normalized spacial score (nSPS) is 9.44. The van der Waals surface area contributed by atoms with Gasteiger partial charge in [0.05, 0.1) is 13.7 Å². The largest absolute Gasteiger partial charge is 0.497 e. The number of hydrogen-bond acceptors (Lipinski definition) is 3. The van der Waals surface area contributed by atoms with E-state index in [9.17, 15) is 0 Å². The minimum absolute atomic E-state index is 0.0754. The topological polar surface area (TPSA) is 66.8 Å². The van der Waals surface area contributed by atoms with E-state index in [1.165, 1.54) is 0 Å². The van der Waals surface area contributed by atoms with Gasteiger partial charge < -0.3 is 14.9 Å². The molecule has 0 aliphatic heterocycles. The molecule has 4 heteroatoms. The Morgan fingerprint density at radius 1 is 1.38 bits per heavy atom. The van der Waals surface area contributed by atoms with E-state index in [0.29, 0.717) is 0 Å². The van der Waals surface area contributed by atoms with Crippen LogP contribution in [-0.4, -0.2) is 29.9 Å². The molecule has 1 aromatic rings. The molecule has 2 N–H and O–H groups in total. The summed E-state index contributed by atoms with van der Waals surface area (Å²) in [5.41, 5.74) is 1.06. The van der Waals surface area contributed by atoms with E-state index < -0.39 is 5.97 Å². The molecule has 0 saturated carbocycles. The highest BCUT2D eigenvalue weighted by molar-refractivity contribution is 5.62. The Bertz CT molecular complexity index is 323. The molecule has 0 aliphatic rings. The summed E-state index contributed by atoms with van der Waals surface area (Å²) in [4.78, 5) is 9.00. The maximum absolute atomic E-state index is 9.00. The number of carboxylic acids is 1. The van der Waals surface area contributed by atoms with Crippen LogP contribution < -0.4 is 4.74 Å². The number of methoxy groups -OCH3 is 1. The van der Waals surface area contributed by atoms with Gasteiger partial charge in [0.1, 0.15) is 5.75 Å². The summed E-state index contributed by atoms with van der Waals surface area (Å²) < 4.78 is 5.00. The molecule has 0 radical (unpaired) electrons. The molecular weight excluding hydrogens is 208 g/mol. The maximum atomic E-state index is 9.00. The molecular formula is C12H16O4. The minimum atomic E-state index is -0.833. The number of carbonyl (C=O) groups is 1. The van der Waals surface area contributed by atoms with E-state index in [0.717, 1.165) is 18.2 Å². The predicted molar refractivity (Wildman–Crippen MR) is 62.4 cm³/mol. The summed E-state index contributed by atoms with van der Waals surface area (Å²) in [5.74, 6) is 0.0103. The van der Waals surface area contributed by atoms with Crippen molar-refractivity contribution in [2.75, 3.05) is 13.7 Å². The minimum Gasteiger partial charge on any atom is -0.497 e. The number of ether oxygens (including phenoxy) is 1. The van der Waals surface area contributed by atoms with Crippen LogP contribution in [0.4, 0.5) is 0 Å². The Morgan fingerprint density at radius 2 is 1.88 bits per heavy atom. The molecule has 0 aromatic heterocycles. The quantitative estimate of drug-likeness (QED) is 0.821. The van der Waals surface area contributed by atoms with Gasteiger partial charge in [0.25, 0.3) is 5.97 Å². The third kappa shape index (κ3) is 7.58. The van der Waals surface area contributed by atoms with Gasteiger partial charge in [0.2, 0.25) is 0 Å². The lowest BCUT2D eigenvalue weighted by Gasteiger charge is -1.98. The van der Waals surface area contributed by atoms with E-state index in [1.54, 1.807) is 13.2 Å². The lowest BCUT2D eigenvalue weighted by molar-refractivity contribution is -0.134. The van der Waals surface area contributed by atoms with Crippen LogP contribution in [0.1, 0.15) is 12.5 Å². The first-order valence-corrected chi connectivity index (χ1v) is 4.71. The average molecular weight is 224 g/mol. The van der Waals surface area contributed by atoms with Crippen LogP contribution >= 0.6 is 0 Å². The number of benzene rings is 1. The van der Waals surface area contributed by atoms with Crippen molar-refractivity contribution in [1.29, 1.82) is 0 Å². The van der Waals surface area contributed by atoms with Gasteiger partial charge in [-0.3, -0.25) is 4.79 Å². The van der Waals surface area contributed by atoms with Crippen LogP contribution in [0.3, 0.4) is 0 Å². The summed E-state index contributed by atoms with van der Waals surface area (Å²) >= 11 is 0. The Kier molecular flexibility index (Phi) is 7.53. The van der Waals surface area contributed by atoms with Crippen molar-refractivity contribution in [3.8, 4) is 5.75 Å². The van der Waals surface area contributed by atoms with Gasteiger partial charge in [0, 0.05) is 6.92 Å². The van der Waals surface area contributed by atoms with Crippen molar-refractivity contribution in [2.45, 2.75) is 6.92 Å². The van der Waals surface area contributed by atoms with E-state index in [-0.39, 0.29) is 6.61 Å². The van der Waals surface area contributed by atoms with E-state index in [4.69, 9.17) is 19.7 Å². The predicted octanol–water partition coefficient (Wildman–Crippen LogP) is 1.79. The molecule has 4 nitrogen and oxygen atoms in total. The van der Waals surface area contributed by atoms with Crippen molar-refractivity contribution < 1.29 is 19.7 Å². The Labute approximate surface area is 94.8 Å². The number of rotatable bonds is 3. The fraction of sp³-hybridized carbons (Fsp3) is 0.250. The third-order valence-electron chi connectivity index (χ3n) is 1.53. The third-order valence-corrected chi connectivity index (χ3v) is 1.53. The van der Waals surface area contributed by atoms with Gasteiger partial charge in [-0.25, -0.2) is 0 Å². The van der Waals surface area contributed by atoms with Crippen LogP contribution in [0.5, 0.6) is 5.75 Å². The van der Waals surface area contributed by atoms with Crippen LogP contribution in [0.15, 0.2) is 30.3 Å². The molecule has 0 aliphatic carbocycles. The van der Waals surface area contributed by atoms with Gasteiger partial charge in [0.15, 0.2) is 0 Å². The molecule has 0 amide bonds. The van der Waals surface area contributed by atoms with Crippen molar-refractivity contribution in [1.82, 2.24) is 0 Å². The number of aliphatic carboxylic acids is 1. The molecule has 0 fully saturated rings. The second kappa shape index (κ2) is 8.49. The van der Waals surface area contributed by atoms with Gasteiger partial charge in [-0.2, -0.15) is 0 Å². The fourth-order valence-electron chi connectivity index (χ4n) is 0.904. The Morgan fingerprint density at radius 3 is 2.25 bits per heavy atom. The van der Waals surface area contributed by atoms with E-state index in [1.807, 2.05) is 30.3 Å². The Balaban J connectivity index is 0.000000487. The summed E-state index contributed by atoms with van der Waals surface area (Å²) in [6, 6.07) is 7.64. The Hall–Kier alpha value is -1.81. The highest BCUT2D eigenvalue weighted by atomic mass is 16.5. The smallest absolute Gasteiger partial charge is 0.300 e. The second-order valence-corrected chi connectivity index (χ2v) is 2.88. The van der Waals surface area contributed by atoms with Gasteiger partial charge in [-0.05, 0) is 17.7 Å². The average Bonchev–Trinajstić information content (AvgIpc) is 2.26. The molecule has 0 heterocycles. The number of aliphatic hydroxyl groups is 1. The zero-order valence-corrected chi connectivity index (χ0v) is 9.38. The molecule has 88 valence electrons. The highest BCUT2D eigenvalue weighted by Crippen LogP contribution is 2.11. The second-order valence-electron chi connectivity index (χ2n) is 2.88. The van der Waals surface area contributed by atoms with Crippen molar-refractivity contribution in [3.05, 3.63) is 35.9 Å². The fourth-order valence-corrected chi connectivity index (χ4v) is 0.904. The zero-order valence-electron chi connectivity index (χ0n) is 9.38. The van der Waals surface area contributed by atoms with Crippen molar-refractivity contribution in [3.63, 3.8) is 0 Å². The van der Waals surface area contributed by atoms with Crippen LogP contribution in [0.2, 0.25) is 0 Å². The first-order valence-electron chi connectivity index (χ1n) is 4.71. The number of hydrogen-bond donors (Lipinski definition) is 2. The highest BCUT2D eigenvalue weighted by Gasteiger charge is 1.88. The monoisotopic (exact) mass is 224 g/mol. The summed E-state index contributed by atoms with van der Waals surface area (Å²) in [7, 11) is 1.64. The molecule has 1 aromatic carbocycles. The lowest BCUT2D eigenvalue weighted by Crippen LogP contribution is -1.81. The maximum Gasteiger partial charge on any atom is 0.300 e. The molecule has 0 saturated heterocycles. The molecule has 0 bridgehead atoms.